The van der Waals surface area contributed by atoms with Crippen molar-refractivity contribution < 1.29 is 13.2 Å². The number of carbonyl (C=O) groups excluding carboxylic acids is 1. The monoisotopic (exact) mass is 351 g/mol. The van der Waals surface area contributed by atoms with E-state index >= 15 is 0 Å². The topological polar surface area (TPSA) is 54.5 Å². The van der Waals surface area contributed by atoms with Crippen molar-refractivity contribution in [2.24, 2.45) is 0 Å². The molecule has 18 heavy (non-hydrogen) atoms. The first kappa shape index (κ1) is 14.2. The summed E-state index contributed by atoms with van der Waals surface area (Å²) in [5, 5.41) is 0. The number of piperidine rings is 1. The summed E-state index contributed by atoms with van der Waals surface area (Å²) >= 11 is 4.44. The fourth-order valence-corrected chi connectivity index (χ4v) is 6.00. The quantitative estimate of drug-likeness (QED) is 0.840. The average molecular weight is 352 g/mol. The summed E-state index contributed by atoms with van der Waals surface area (Å²) in [6, 6.07) is 2.80. The van der Waals surface area contributed by atoms with Gasteiger partial charge in [0.25, 0.3) is 10.0 Å². The highest BCUT2D eigenvalue weighted by Gasteiger charge is 2.36. The Hall–Kier alpha value is -0.240. The Bertz CT molecular complexity index is 552. The molecule has 1 aromatic rings. The number of hydrogen-bond donors (Lipinski definition) is 0. The van der Waals surface area contributed by atoms with Gasteiger partial charge in [0.15, 0.2) is 0 Å². The van der Waals surface area contributed by atoms with Crippen molar-refractivity contribution in [3.8, 4) is 0 Å². The lowest BCUT2D eigenvalue weighted by molar-refractivity contribution is -0.121. The number of halogens is 1. The van der Waals surface area contributed by atoms with Crippen LogP contribution in [0.4, 0.5) is 0 Å². The van der Waals surface area contributed by atoms with E-state index in [1.807, 2.05) is 0 Å². The number of rotatable bonds is 3. The molecule has 0 N–H and O–H groups in total. The molecule has 100 valence electrons. The van der Waals surface area contributed by atoms with E-state index in [0.29, 0.717) is 17.2 Å². The molecule has 1 unspecified atom stereocenters. The number of nitrogens with zero attached hydrogens (tertiary/aromatic N) is 1. The summed E-state index contributed by atoms with van der Waals surface area (Å²) in [5.74, 6) is -0.0751. The standard InChI is InChI=1S/C11H14BrNO3S2/c1-8(14)9-4-2-3-7-13(9)18(15,16)11-6-5-10(12)17-11/h5-6,9H,2-4,7H2,1H3. The van der Waals surface area contributed by atoms with Crippen molar-refractivity contribution in [1.29, 1.82) is 0 Å². The van der Waals surface area contributed by atoms with Crippen LogP contribution in [0.2, 0.25) is 0 Å². The molecule has 2 rings (SSSR count). The second-order valence-corrected chi connectivity index (χ2v) is 8.88. The predicted octanol–water partition coefficient (Wildman–Crippen LogP) is 2.64. The highest BCUT2D eigenvalue weighted by molar-refractivity contribution is 9.11. The molecule has 1 fully saturated rings. The van der Waals surface area contributed by atoms with Crippen molar-refractivity contribution in [2.75, 3.05) is 6.54 Å². The Kier molecular flexibility index (Phi) is 4.25. The summed E-state index contributed by atoms with van der Waals surface area (Å²) in [7, 11) is -3.53. The zero-order valence-electron chi connectivity index (χ0n) is 9.93. The molecule has 0 aliphatic carbocycles. The molecule has 1 aliphatic rings. The Morgan fingerprint density at radius 3 is 2.72 bits per heavy atom. The van der Waals surface area contributed by atoms with E-state index in [4.69, 9.17) is 0 Å². The summed E-state index contributed by atoms with van der Waals surface area (Å²) in [5.41, 5.74) is 0. The van der Waals surface area contributed by atoms with Gasteiger partial charge >= 0.3 is 0 Å². The van der Waals surface area contributed by atoms with Crippen LogP contribution >= 0.6 is 27.3 Å². The SMILES string of the molecule is CC(=O)C1CCCCN1S(=O)(=O)c1ccc(Br)s1. The summed E-state index contributed by atoms with van der Waals surface area (Å²) in [4.78, 5) is 11.6. The zero-order chi connectivity index (χ0) is 13.3. The Balaban J connectivity index is 2.36. The van der Waals surface area contributed by atoms with Gasteiger partial charge in [0.05, 0.1) is 9.83 Å². The third kappa shape index (κ3) is 2.68. The molecule has 4 nitrogen and oxygen atoms in total. The maximum Gasteiger partial charge on any atom is 0.253 e. The van der Waals surface area contributed by atoms with Crippen LogP contribution in [0.5, 0.6) is 0 Å². The highest BCUT2D eigenvalue weighted by Crippen LogP contribution is 2.31. The molecule has 1 aliphatic heterocycles. The van der Waals surface area contributed by atoms with E-state index in [1.165, 1.54) is 22.6 Å². The van der Waals surface area contributed by atoms with Crippen molar-refractivity contribution >= 4 is 43.1 Å². The van der Waals surface area contributed by atoms with E-state index in [2.05, 4.69) is 15.9 Å². The van der Waals surface area contributed by atoms with Gasteiger partial charge in [-0.05, 0) is 47.8 Å². The first-order valence-electron chi connectivity index (χ1n) is 5.70. The molecule has 0 aromatic carbocycles. The van der Waals surface area contributed by atoms with Crippen molar-refractivity contribution in [3.63, 3.8) is 0 Å². The van der Waals surface area contributed by atoms with Crippen LogP contribution in [-0.2, 0) is 14.8 Å². The van der Waals surface area contributed by atoms with Crippen LogP contribution in [0.15, 0.2) is 20.1 Å². The molecule has 0 spiro atoms. The minimum Gasteiger partial charge on any atom is -0.298 e. The molecule has 1 atom stereocenters. The Morgan fingerprint density at radius 2 is 2.17 bits per heavy atom. The maximum absolute atomic E-state index is 12.5. The van der Waals surface area contributed by atoms with Gasteiger partial charge in [-0.15, -0.1) is 11.3 Å². The minimum absolute atomic E-state index is 0.0751. The number of ketones is 1. The third-order valence-corrected chi connectivity index (χ3v) is 7.03. The van der Waals surface area contributed by atoms with Crippen LogP contribution in [0.25, 0.3) is 0 Å². The van der Waals surface area contributed by atoms with Gasteiger partial charge in [0.1, 0.15) is 9.99 Å². The van der Waals surface area contributed by atoms with Gasteiger partial charge in [0, 0.05) is 6.54 Å². The lowest BCUT2D eigenvalue weighted by Gasteiger charge is -2.32. The third-order valence-electron chi connectivity index (χ3n) is 3.03. The fourth-order valence-electron chi connectivity index (χ4n) is 2.15. The van der Waals surface area contributed by atoms with Gasteiger partial charge in [-0.2, -0.15) is 4.31 Å². The van der Waals surface area contributed by atoms with Gasteiger partial charge in [-0.3, -0.25) is 4.79 Å². The van der Waals surface area contributed by atoms with Gasteiger partial charge in [-0.1, -0.05) is 6.42 Å². The van der Waals surface area contributed by atoms with Crippen LogP contribution < -0.4 is 0 Å². The van der Waals surface area contributed by atoms with E-state index < -0.39 is 16.1 Å². The van der Waals surface area contributed by atoms with Gasteiger partial charge in [-0.25, -0.2) is 8.42 Å². The highest BCUT2D eigenvalue weighted by atomic mass is 79.9. The van der Waals surface area contributed by atoms with Gasteiger partial charge in [0.2, 0.25) is 0 Å². The van der Waals surface area contributed by atoms with Crippen molar-refractivity contribution in [2.45, 2.75) is 36.4 Å². The molecule has 0 amide bonds. The maximum atomic E-state index is 12.5. The summed E-state index contributed by atoms with van der Waals surface area (Å²) < 4.78 is 27.4. The van der Waals surface area contributed by atoms with Crippen LogP contribution in [0.1, 0.15) is 26.2 Å². The molecule has 1 aromatic heterocycles. The van der Waals surface area contributed by atoms with Crippen LogP contribution in [0, 0.1) is 0 Å². The normalized spacial score (nSPS) is 22.0. The summed E-state index contributed by atoms with van der Waals surface area (Å²) in [6.45, 7) is 1.89. The lowest BCUT2D eigenvalue weighted by atomic mass is 10.0. The molecular formula is C11H14BrNO3S2. The van der Waals surface area contributed by atoms with E-state index in [1.54, 1.807) is 12.1 Å². The van der Waals surface area contributed by atoms with E-state index in [9.17, 15) is 13.2 Å². The van der Waals surface area contributed by atoms with Crippen molar-refractivity contribution in [1.82, 2.24) is 4.31 Å². The average Bonchev–Trinajstić information content (AvgIpc) is 2.76. The minimum atomic E-state index is -3.53. The number of sulfonamides is 1. The summed E-state index contributed by atoms with van der Waals surface area (Å²) in [6.07, 6.45) is 2.35. The fraction of sp³-hybridized carbons (Fsp3) is 0.545. The molecule has 1 saturated heterocycles. The molecule has 2 heterocycles. The lowest BCUT2D eigenvalue weighted by Crippen LogP contribution is -2.46. The van der Waals surface area contributed by atoms with E-state index in [0.717, 1.165) is 16.6 Å². The number of Topliss-reactive ketones (excluding diaryl/α,β-unsaturated/α-hetero) is 1. The number of carbonyl (C=O) groups is 1. The van der Waals surface area contributed by atoms with Crippen LogP contribution in [0.3, 0.4) is 0 Å². The second-order valence-electron chi connectivity index (χ2n) is 4.30. The molecule has 0 bridgehead atoms. The Labute approximate surface area is 119 Å². The van der Waals surface area contributed by atoms with Crippen molar-refractivity contribution in [3.05, 3.63) is 15.9 Å². The number of thiophene rings is 1. The molecule has 0 saturated carbocycles. The Morgan fingerprint density at radius 1 is 1.44 bits per heavy atom. The van der Waals surface area contributed by atoms with Gasteiger partial charge < -0.3 is 0 Å². The zero-order valence-corrected chi connectivity index (χ0v) is 13.1. The largest absolute Gasteiger partial charge is 0.298 e. The molecular weight excluding hydrogens is 338 g/mol. The predicted molar refractivity (Wildman–Crippen MR) is 74.2 cm³/mol. The smallest absolute Gasteiger partial charge is 0.253 e. The molecule has 0 radical (unpaired) electrons. The molecule has 7 heteroatoms. The first-order valence-corrected chi connectivity index (χ1v) is 8.75. The van der Waals surface area contributed by atoms with Crippen LogP contribution in [-0.4, -0.2) is 31.1 Å². The van der Waals surface area contributed by atoms with E-state index in [-0.39, 0.29) is 5.78 Å². The number of hydrogen-bond acceptors (Lipinski definition) is 4. The first-order chi connectivity index (χ1) is 8.43. The second kappa shape index (κ2) is 5.40.